The number of aryl methyl sites for hydroxylation is 1. The first-order valence-corrected chi connectivity index (χ1v) is 8.89. The summed E-state index contributed by atoms with van der Waals surface area (Å²) in [5, 5.41) is 3.55. The Hall–Kier alpha value is -2.27. The predicted molar refractivity (Wildman–Crippen MR) is 97.4 cm³/mol. The standard InChI is InChI=1S/C19H20N2O2S/c1-12(2)20-18(22)15-7-5-14(6-8-15)11-24-19-21-16-10-13(3)4-9-17(16)23-19/h4-10,12H,11H2,1-3H3,(H,20,22). The lowest BCUT2D eigenvalue weighted by atomic mass is 10.1. The van der Waals surface area contributed by atoms with Gasteiger partial charge in [0.15, 0.2) is 5.58 Å². The van der Waals surface area contributed by atoms with E-state index in [2.05, 4.69) is 10.3 Å². The number of aromatic nitrogens is 1. The van der Waals surface area contributed by atoms with Gasteiger partial charge >= 0.3 is 0 Å². The smallest absolute Gasteiger partial charge is 0.257 e. The first-order valence-electron chi connectivity index (χ1n) is 7.91. The fourth-order valence-electron chi connectivity index (χ4n) is 2.32. The number of nitrogens with one attached hydrogen (secondary N) is 1. The minimum absolute atomic E-state index is 0.0430. The van der Waals surface area contributed by atoms with E-state index >= 15 is 0 Å². The van der Waals surface area contributed by atoms with Gasteiger partial charge in [0.05, 0.1) is 0 Å². The molecule has 0 aliphatic carbocycles. The lowest BCUT2D eigenvalue weighted by Crippen LogP contribution is -2.29. The monoisotopic (exact) mass is 340 g/mol. The summed E-state index contributed by atoms with van der Waals surface area (Å²) in [7, 11) is 0. The average Bonchev–Trinajstić information content (AvgIpc) is 2.94. The zero-order valence-corrected chi connectivity index (χ0v) is 14.8. The maximum Gasteiger partial charge on any atom is 0.257 e. The topological polar surface area (TPSA) is 55.1 Å². The van der Waals surface area contributed by atoms with E-state index in [0.29, 0.717) is 10.8 Å². The third-order valence-corrected chi connectivity index (χ3v) is 4.42. The summed E-state index contributed by atoms with van der Waals surface area (Å²) >= 11 is 1.55. The fourth-order valence-corrected chi connectivity index (χ4v) is 3.12. The lowest BCUT2D eigenvalue weighted by Gasteiger charge is -2.08. The maximum atomic E-state index is 11.9. The molecule has 3 rings (SSSR count). The van der Waals surface area contributed by atoms with E-state index in [9.17, 15) is 4.79 Å². The summed E-state index contributed by atoms with van der Waals surface area (Å²) in [5.74, 6) is 0.705. The minimum atomic E-state index is -0.0430. The van der Waals surface area contributed by atoms with Crippen molar-refractivity contribution in [1.29, 1.82) is 0 Å². The Kier molecular flexibility index (Phi) is 4.90. The van der Waals surface area contributed by atoms with Gasteiger partial charge in [0.1, 0.15) is 5.52 Å². The molecule has 0 saturated heterocycles. The van der Waals surface area contributed by atoms with E-state index in [1.807, 2.05) is 63.2 Å². The van der Waals surface area contributed by atoms with Crippen LogP contribution in [0.3, 0.4) is 0 Å². The van der Waals surface area contributed by atoms with E-state index < -0.39 is 0 Å². The largest absolute Gasteiger partial charge is 0.431 e. The Morgan fingerprint density at radius 2 is 1.96 bits per heavy atom. The van der Waals surface area contributed by atoms with Crippen LogP contribution in [-0.2, 0) is 5.75 Å². The van der Waals surface area contributed by atoms with Gasteiger partial charge < -0.3 is 9.73 Å². The van der Waals surface area contributed by atoms with Crippen LogP contribution in [0.4, 0.5) is 0 Å². The van der Waals surface area contributed by atoms with Gasteiger partial charge in [-0.3, -0.25) is 4.79 Å². The molecule has 0 radical (unpaired) electrons. The number of benzene rings is 2. The summed E-state index contributed by atoms with van der Waals surface area (Å²) in [4.78, 5) is 16.4. The molecule has 0 aliphatic heterocycles. The van der Waals surface area contributed by atoms with Crippen molar-refractivity contribution >= 4 is 28.8 Å². The molecule has 0 unspecified atom stereocenters. The van der Waals surface area contributed by atoms with Crippen LogP contribution >= 0.6 is 11.8 Å². The molecule has 4 nitrogen and oxygen atoms in total. The second kappa shape index (κ2) is 7.09. The van der Waals surface area contributed by atoms with Crippen molar-refractivity contribution in [3.8, 4) is 0 Å². The molecule has 124 valence electrons. The molecule has 1 heterocycles. The Labute approximate surface area is 145 Å². The van der Waals surface area contributed by atoms with Gasteiger partial charge in [-0.15, -0.1) is 0 Å². The van der Waals surface area contributed by atoms with Crippen LogP contribution in [0.15, 0.2) is 52.1 Å². The lowest BCUT2D eigenvalue weighted by molar-refractivity contribution is 0.0943. The number of fused-ring (bicyclic) bond motifs is 1. The van der Waals surface area contributed by atoms with E-state index in [1.165, 1.54) is 5.56 Å². The number of nitrogens with zero attached hydrogens (tertiary/aromatic N) is 1. The number of carbonyl (C=O) groups is 1. The third kappa shape index (κ3) is 3.97. The van der Waals surface area contributed by atoms with Crippen molar-refractivity contribution in [3.63, 3.8) is 0 Å². The molecule has 0 spiro atoms. The van der Waals surface area contributed by atoms with Gasteiger partial charge in [-0.2, -0.15) is 0 Å². The molecule has 0 atom stereocenters. The number of oxazole rings is 1. The summed E-state index contributed by atoms with van der Waals surface area (Å²) < 4.78 is 5.74. The Balaban J connectivity index is 1.64. The Morgan fingerprint density at radius 3 is 2.67 bits per heavy atom. The molecule has 0 bridgehead atoms. The SMILES string of the molecule is Cc1ccc2oc(SCc3ccc(C(=O)NC(C)C)cc3)nc2c1. The van der Waals surface area contributed by atoms with Crippen LogP contribution in [0.1, 0.15) is 35.3 Å². The fraction of sp³-hybridized carbons (Fsp3) is 0.263. The van der Waals surface area contributed by atoms with Gasteiger partial charge in [-0.25, -0.2) is 4.98 Å². The second-order valence-electron chi connectivity index (χ2n) is 6.06. The highest BCUT2D eigenvalue weighted by atomic mass is 32.2. The van der Waals surface area contributed by atoms with E-state index in [4.69, 9.17) is 4.42 Å². The Bertz CT molecular complexity index is 853. The first kappa shape index (κ1) is 16.6. The number of amides is 1. The van der Waals surface area contributed by atoms with Crippen molar-refractivity contribution in [2.45, 2.75) is 37.8 Å². The highest BCUT2D eigenvalue weighted by Crippen LogP contribution is 2.26. The number of thioether (sulfide) groups is 1. The molecule has 3 aromatic rings. The number of rotatable bonds is 5. The third-order valence-electron chi connectivity index (χ3n) is 3.52. The molecule has 2 aromatic carbocycles. The van der Waals surface area contributed by atoms with Crippen LogP contribution in [-0.4, -0.2) is 16.9 Å². The molecule has 24 heavy (non-hydrogen) atoms. The van der Waals surface area contributed by atoms with Gasteiger partial charge in [0.2, 0.25) is 0 Å². The molecular weight excluding hydrogens is 320 g/mol. The quantitative estimate of drug-likeness (QED) is 0.691. The molecule has 0 fully saturated rings. The van der Waals surface area contributed by atoms with Crippen LogP contribution < -0.4 is 5.32 Å². The van der Waals surface area contributed by atoms with Gasteiger partial charge in [0, 0.05) is 17.4 Å². The number of hydrogen-bond acceptors (Lipinski definition) is 4. The highest BCUT2D eigenvalue weighted by molar-refractivity contribution is 7.98. The normalized spacial score (nSPS) is 11.2. The van der Waals surface area contributed by atoms with E-state index in [0.717, 1.165) is 22.4 Å². The summed E-state index contributed by atoms with van der Waals surface area (Å²) in [6.45, 7) is 5.94. The maximum absolute atomic E-state index is 11.9. The molecule has 1 amide bonds. The molecular formula is C19H20N2O2S. The predicted octanol–water partition coefficient (Wildman–Crippen LogP) is 4.57. The van der Waals surface area contributed by atoms with Crippen molar-refractivity contribution in [2.24, 2.45) is 0 Å². The molecule has 1 N–H and O–H groups in total. The summed E-state index contributed by atoms with van der Waals surface area (Å²) in [6, 6.07) is 13.8. The van der Waals surface area contributed by atoms with Crippen molar-refractivity contribution < 1.29 is 9.21 Å². The van der Waals surface area contributed by atoms with E-state index in [-0.39, 0.29) is 11.9 Å². The zero-order chi connectivity index (χ0) is 17.1. The first-order chi connectivity index (χ1) is 11.5. The Morgan fingerprint density at radius 1 is 1.21 bits per heavy atom. The van der Waals surface area contributed by atoms with Gasteiger partial charge in [0.25, 0.3) is 11.1 Å². The van der Waals surface area contributed by atoms with Crippen molar-refractivity contribution in [2.75, 3.05) is 0 Å². The van der Waals surface area contributed by atoms with Crippen LogP contribution in [0.5, 0.6) is 0 Å². The molecule has 0 aliphatic rings. The molecule has 1 aromatic heterocycles. The van der Waals surface area contributed by atoms with E-state index in [1.54, 1.807) is 11.8 Å². The highest BCUT2D eigenvalue weighted by Gasteiger charge is 2.09. The van der Waals surface area contributed by atoms with Gasteiger partial charge in [-0.1, -0.05) is 30.0 Å². The number of hydrogen-bond donors (Lipinski definition) is 1. The van der Waals surface area contributed by atoms with Crippen LogP contribution in [0, 0.1) is 6.92 Å². The molecule has 5 heteroatoms. The second-order valence-corrected chi connectivity index (χ2v) is 6.99. The summed E-state index contributed by atoms with van der Waals surface area (Å²) in [5.41, 5.74) is 4.67. The van der Waals surface area contributed by atoms with Crippen molar-refractivity contribution in [1.82, 2.24) is 10.3 Å². The minimum Gasteiger partial charge on any atom is -0.431 e. The average molecular weight is 340 g/mol. The van der Waals surface area contributed by atoms with Gasteiger partial charge in [-0.05, 0) is 56.2 Å². The van der Waals surface area contributed by atoms with Crippen molar-refractivity contribution in [3.05, 3.63) is 59.2 Å². The van der Waals surface area contributed by atoms with Crippen LogP contribution in [0.2, 0.25) is 0 Å². The molecule has 0 saturated carbocycles. The van der Waals surface area contributed by atoms with Crippen LogP contribution in [0.25, 0.3) is 11.1 Å². The number of carbonyl (C=O) groups excluding carboxylic acids is 1. The zero-order valence-electron chi connectivity index (χ0n) is 14.0. The summed E-state index contributed by atoms with van der Waals surface area (Å²) in [6.07, 6.45) is 0.